The number of pyridine rings is 1. The molecule has 0 aromatic carbocycles. The quantitative estimate of drug-likeness (QED) is 0.871. The van der Waals surface area contributed by atoms with Crippen LogP contribution in [-0.2, 0) is 13.0 Å². The minimum absolute atomic E-state index is 0.322. The molecule has 1 N–H and O–H groups in total. The lowest BCUT2D eigenvalue weighted by Gasteiger charge is -2.38. The molecule has 2 rings (SSSR count). The number of rotatable bonds is 6. The maximum absolute atomic E-state index is 4.91. The molecule has 0 aliphatic carbocycles. The molecule has 1 aromatic heterocycles. The highest BCUT2D eigenvalue weighted by atomic mass is 32.2. The van der Waals surface area contributed by atoms with Gasteiger partial charge in [-0.25, -0.2) is 4.98 Å². The Hall–Kier alpha value is -0.740. The molecule has 0 bridgehead atoms. The zero-order valence-corrected chi connectivity index (χ0v) is 14.7. The second kappa shape index (κ2) is 7.50. The zero-order valence-electron chi connectivity index (χ0n) is 13.9. The first kappa shape index (κ1) is 16.6. The van der Waals surface area contributed by atoms with Crippen molar-refractivity contribution in [1.29, 1.82) is 0 Å². The first-order valence-electron chi connectivity index (χ1n) is 8.13. The first-order chi connectivity index (χ1) is 10.0. The molecular formula is C17H29N3S. The van der Waals surface area contributed by atoms with Gasteiger partial charge in [-0.2, -0.15) is 11.8 Å². The number of aromatic nitrogens is 1. The van der Waals surface area contributed by atoms with E-state index in [1.165, 1.54) is 22.8 Å². The third-order valence-electron chi connectivity index (χ3n) is 3.76. The third-order valence-corrected chi connectivity index (χ3v) is 5.06. The van der Waals surface area contributed by atoms with Crippen molar-refractivity contribution in [3.8, 4) is 0 Å². The molecule has 0 saturated carbocycles. The molecule has 21 heavy (non-hydrogen) atoms. The van der Waals surface area contributed by atoms with E-state index in [1.807, 2.05) is 0 Å². The summed E-state index contributed by atoms with van der Waals surface area (Å²) in [6, 6.07) is 4.54. The number of hydrogen-bond donors (Lipinski definition) is 1. The van der Waals surface area contributed by atoms with Crippen molar-refractivity contribution in [2.45, 2.75) is 51.8 Å². The summed E-state index contributed by atoms with van der Waals surface area (Å²) in [5.41, 5.74) is 2.60. The van der Waals surface area contributed by atoms with Gasteiger partial charge in [0.25, 0.3) is 0 Å². The van der Waals surface area contributed by atoms with E-state index in [9.17, 15) is 0 Å². The molecule has 0 atom stereocenters. The summed E-state index contributed by atoms with van der Waals surface area (Å²) >= 11 is 2.07. The van der Waals surface area contributed by atoms with Gasteiger partial charge in [0.2, 0.25) is 0 Å². The largest absolute Gasteiger partial charge is 0.354 e. The van der Waals surface area contributed by atoms with E-state index in [-0.39, 0.29) is 0 Å². The van der Waals surface area contributed by atoms with Gasteiger partial charge >= 0.3 is 0 Å². The van der Waals surface area contributed by atoms with Gasteiger partial charge in [-0.1, -0.05) is 20.3 Å². The van der Waals surface area contributed by atoms with E-state index in [1.54, 1.807) is 0 Å². The number of nitrogens with zero attached hydrogens (tertiary/aromatic N) is 2. The highest BCUT2D eigenvalue weighted by Crippen LogP contribution is 2.32. The number of thioether (sulfide) groups is 1. The minimum Gasteiger partial charge on any atom is -0.354 e. The summed E-state index contributed by atoms with van der Waals surface area (Å²) in [6.45, 7) is 13.2. The summed E-state index contributed by atoms with van der Waals surface area (Å²) < 4.78 is 0.322. The van der Waals surface area contributed by atoms with Crippen LogP contribution in [0.15, 0.2) is 12.1 Å². The van der Waals surface area contributed by atoms with Crippen LogP contribution in [0, 0.1) is 0 Å². The predicted octanol–water partition coefficient (Wildman–Crippen LogP) is 3.48. The number of hydrogen-bond acceptors (Lipinski definition) is 4. The van der Waals surface area contributed by atoms with Gasteiger partial charge in [-0.05, 0) is 44.5 Å². The molecule has 1 fully saturated rings. The van der Waals surface area contributed by atoms with Crippen LogP contribution in [0.4, 0.5) is 5.82 Å². The molecule has 0 unspecified atom stereocenters. The third kappa shape index (κ3) is 4.89. The van der Waals surface area contributed by atoms with Gasteiger partial charge in [0.15, 0.2) is 0 Å². The summed E-state index contributed by atoms with van der Waals surface area (Å²) in [4.78, 5) is 7.37. The number of aryl methyl sites for hydroxylation is 1. The van der Waals surface area contributed by atoms with E-state index in [0.717, 1.165) is 39.0 Å². The van der Waals surface area contributed by atoms with Crippen LogP contribution >= 0.6 is 11.8 Å². The van der Waals surface area contributed by atoms with E-state index in [2.05, 4.69) is 61.8 Å². The van der Waals surface area contributed by atoms with Crippen molar-refractivity contribution in [1.82, 2.24) is 10.3 Å². The Morgan fingerprint density at radius 3 is 2.81 bits per heavy atom. The van der Waals surface area contributed by atoms with Crippen LogP contribution in [-0.4, -0.2) is 35.1 Å². The Balaban J connectivity index is 2.21. The minimum atomic E-state index is 0.322. The molecule has 4 heteroatoms. The molecule has 0 radical (unpaired) electrons. The Bertz CT molecular complexity index is 459. The van der Waals surface area contributed by atoms with Crippen molar-refractivity contribution in [3.63, 3.8) is 0 Å². The van der Waals surface area contributed by atoms with E-state index in [0.29, 0.717) is 4.75 Å². The van der Waals surface area contributed by atoms with Gasteiger partial charge in [-0.3, -0.25) is 0 Å². The smallest absolute Gasteiger partial charge is 0.129 e. The standard InChI is InChI=1S/C17H29N3S/c1-5-7-15-10-14(12-18-6-2)11-16(19-15)20-8-9-21-17(3,4)13-20/h10-11,18H,5-9,12-13H2,1-4H3. The maximum atomic E-state index is 4.91. The number of nitrogens with one attached hydrogen (secondary N) is 1. The second-order valence-corrected chi connectivity index (χ2v) is 8.19. The fourth-order valence-electron chi connectivity index (χ4n) is 2.76. The van der Waals surface area contributed by atoms with Crippen molar-refractivity contribution >= 4 is 17.6 Å². The number of anilines is 1. The zero-order chi connectivity index (χ0) is 15.3. The first-order valence-corrected chi connectivity index (χ1v) is 9.12. The van der Waals surface area contributed by atoms with Crippen LogP contribution < -0.4 is 10.2 Å². The molecular weight excluding hydrogens is 278 g/mol. The monoisotopic (exact) mass is 307 g/mol. The molecule has 3 nitrogen and oxygen atoms in total. The predicted molar refractivity (Wildman–Crippen MR) is 94.4 cm³/mol. The SMILES string of the molecule is CCCc1cc(CNCC)cc(N2CCSC(C)(C)C2)n1. The summed E-state index contributed by atoms with van der Waals surface area (Å²) in [7, 11) is 0. The maximum Gasteiger partial charge on any atom is 0.129 e. The highest BCUT2D eigenvalue weighted by Gasteiger charge is 2.27. The van der Waals surface area contributed by atoms with Gasteiger partial charge in [-0.15, -0.1) is 0 Å². The summed E-state index contributed by atoms with van der Waals surface area (Å²) in [5.74, 6) is 2.36. The molecule has 1 aliphatic heterocycles. The molecule has 118 valence electrons. The van der Waals surface area contributed by atoms with Crippen LogP contribution in [0.25, 0.3) is 0 Å². The lowest BCUT2D eigenvalue weighted by Crippen LogP contribution is -2.43. The Morgan fingerprint density at radius 2 is 2.14 bits per heavy atom. The van der Waals surface area contributed by atoms with Gasteiger partial charge in [0, 0.05) is 35.8 Å². The highest BCUT2D eigenvalue weighted by molar-refractivity contribution is 8.00. The van der Waals surface area contributed by atoms with E-state index < -0.39 is 0 Å². The van der Waals surface area contributed by atoms with E-state index in [4.69, 9.17) is 4.98 Å². The molecule has 2 heterocycles. The Morgan fingerprint density at radius 1 is 1.33 bits per heavy atom. The Kier molecular flexibility index (Phi) is 5.94. The van der Waals surface area contributed by atoms with Crippen LogP contribution in [0.3, 0.4) is 0 Å². The molecule has 0 spiro atoms. The average molecular weight is 308 g/mol. The molecule has 0 amide bonds. The molecule has 1 aliphatic rings. The lowest BCUT2D eigenvalue weighted by molar-refractivity contribution is 0.639. The lowest BCUT2D eigenvalue weighted by atomic mass is 10.1. The average Bonchev–Trinajstić information content (AvgIpc) is 2.44. The normalized spacial score (nSPS) is 18.0. The van der Waals surface area contributed by atoms with Crippen LogP contribution in [0.5, 0.6) is 0 Å². The van der Waals surface area contributed by atoms with Crippen molar-refractivity contribution in [2.75, 3.05) is 30.3 Å². The summed E-state index contributed by atoms with van der Waals surface area (Å²) in [6.07, 6.45) is 2.22. The van der Waals surface area contributed by atoms with Crippen molar-refractivity contribution < 1.29 is 0 Å². The topological polar surface area (TPSA) is 28.2 Å². The molecule has 1 saturated heterocycles. The Labute approximate surface area is 133 Å². The van der Waals surface area contributed by atoms with Gasteiger partial charge in [0.05, 0.1) is 0 Å². The van der Waals surface area contributed by atoms with Gasteiger partial charge in [0.1, 0.15) is 5.82 Å². The van der Waals surface area contributed by atoms with Gasteiger partial charge < -0.3 is 10.2 Å². The second-order valence-electron chi connectivity index (χ2n) is 6.38. The van der Waals surface area contributed by atoms with Crippen LogP contribution in [0.1, 0.15) is 45.4 Å². The molecule has 1 aromatic rings. The summed E-state index contributed by atoms with van der Waals surface area (Å²) in [5, 5.41) is 3.43. The van der Waals surface area contributed by atoms with E-state index >= 15 is 0 Å². The van der Waals surface area contributed by atoms with Crippen LogP contribution in [0.2, 0.25) is 0 Å². The fourth-order valence-corrected chi connectivity index (χ4v) is 3.87. The fraction of sp³-hybridized carbons (Fsp3) is 0.706. The van der Waals surface area contributed by atoms with Crippen molar-refractivity contribution in [3.05, 3.63) is 23.4 Å². The van der Waals surface area contributed by atoms with Crippen molar-refractivity contribution in [2.24, 2.45) is 0 Å².